The molecule has 0 aliphatic heterocycles. The van der Waals surface area contributed by atoms with Crippen LogP contribution in [-0.2, 0) is 0 Å². The van der Waals surface area contributed by atoms with Crippen molar-refractivity contribution in [3.8, 4) is 17.2 Å². The van der Waals surface area contributed by atoms with Gasteiger partial charge in [0.1, 0.15) is 28.2 Å². The van der Waals surface area contributed by atoms with Gasteiger partial charge >= 0.3 is 0 Å². The second kappa shape index (κ2) is 7.94. The molecule has 0 aliphatic carbocycles. The van der Waals surface area contributed by atoms with E-state index in [0.717, 1.165) is 11.0 Å². The van der Waals surface area contributed by atoms with Crippen LogP contribution in [0.3, 0.4) is 0 Å². The summed E-state index contributed by atoms with van der Waals surface area (Å²) in [4.78, 5) is 14.9. The quantitative estimate of drug-likeness (QED) is 0.333. The molecule has 1 aromatic heterocycles. The number of aromatic nitrogens is 3. The minimum Gasteiger partial charge on any atom is -0.507 e. The maximum Gasteiger partial charge on any atom is 0.196 e. The number of phenols is 2. The van der Waals surface area contributed by atoms with Gasteiger partial charge in [-0.2, -0.15) is 0 Å². The summed E-state index contributed by atoms with van der Waals surface area (Å²) < 4.78 is 0. The van der Waals surface area contributed by atoms with Crippen molar-refractivity contribution < 1.29 is 20.1 Å². The molecule has 4 aromatic rings. The molecule has 0 bridgehead atoms. The van der Waals surface area contributed by atoms with Gasteiger partial charge in [0.25, 0.3) is 0 Å². The van der Waals surface area contributed by atoms with Crippen LogP contribution in [0.4, 0.5) is 0 Å². The monoisotopic (exact) mass is 407 g/mol. The molecule has 0 atom stereocenters. The van der Waals surface area contributed by atoms with E-state index in [2.05, 4.69) is 10.2 Å². The number of nitrogens with zero attached hydrogens (tertiary/aromatic N) is 3. The van der Waals surface area contributed by atoms with E-state index in [1.165, 1.54) is 22.6 Å². The van der Waals surface area contributed by atoms with Crippen molar-refractivity contribution >= 4 is 28.6 Å². The van der Waals surface area contributed by atoms with Gasteiger partial charge in [-0.05, 0) is 24.3 Å². The van der Waals surface area contributed by atoms with Crippen LogP contribution in [0.1, 0.15) is 15.9 Å². The van der Waals surface area contributed by atoms with Gasteiger partial charge < -0.3 is 15.3 Å². The van der Waals surface area contributed by atoms with Crippen LogP contribution >= 0.6 is 11.8 Å². The standard InChI is InChI=1S/C21H17N3O4S/c25-8-9-29-14-6-7-16-17(10-14)23-24(22-16)18-11-15(19(26)12-20(18)27)21(28)13-4-2-1-3-5-13/h1-7,10-12,25-27H,8-9H2. The Bertz CT molecular complexity index is 1190. The molecule has 0 radical (unpaired) electrons. The number of benzene rings is 3. The van der Waals surface area contributed by atoms with E-state index in [1.54, 1.807) is 36.4 Å². The summed E-state index contributed by atoms with van der Waals surface area (Å²) in [6.45, 7) is 0.0784. The lowest BCUT2D eigenvalue weighted by atomic mass is 10.0. The van der Waals surface area contributed by atoms with Gasteiger partial charge in [0, 0.05) is 22.3 Å². The molecule has 0 saturated heterocycles. The van der Waals surface area contributed by atoms with Gasteiger partial charge in [-0.3, -0.25) is 4.79 Å². The molecule has 0 fully saturated rings. The molecule has 29 heavy (non-hydrogen) atoms. The fourth-order valence-corrected chi connectivity index (χ4v) is 3.59. The first-order valence-corrected chi connectivity index (χ1v) is 9.82. The van der Waals surface area contributed by atoms with E-state index < -0.39 is 0 Å². The molecule has 0 saturated carbocycles. The Labute approximate surface area is 170 Å². The number of aromatic hydroxyl groups is 2. The predicted molar refractivity (Wildman–Crippen MR) is 110 cm³/mol. The van der Waals surface area contributed by atoms with E-state index in [4.69, 9.17) is 5.11 Å². The zero-order valence-corrected chi connectivity index (χ0v) is 16.0. The van der Waals surface area contributed by atoms with Gasteiger partial charge in [-0.1, -0.05) is 30.3 Å². The average Bonchev–Trinajstić information content (AvgIpc) is 3.15. The minimum absolute atomic E-state index is 0.0459. The lowest BCUT2D eigenvalue weighted by molar-refractivity contribution is 0.103. The number of rotatable bonds is 6. The first-order chi connectivity index (χ1) is 14.1. The summed E-state index contributed by atoms with van der Waals surface area (Å²) in [6, 6.07) is 16.6. The van der Waals surface area contributed by atoms with Crippen molar-refractivity contribution in [1.29, 1.82) is 0 Å². The SMILES string of the molecule is O=C(c1ccccc1)c1cc(-n2nc3ccc(SCCO)cc3n2)c(O)cc1O. The molecule has 0 amide bonds. The first kappa shape index (κ1) is 19.0. The van der Waals surface area contributed by atoms with Gasteiger partial charge in [0.15, 0.2) is 5.78 Å². The van der Waals surface area contributed by atoms with Crippen molar-refractivity contribution in [1.82, 2.24) is 15.0 Å². The normalized spacial score (nSPS) is 11.1. The third-order valence-electron chi connectivity index (χ3n) is 4.30. The Kier molecular flexibility index (Phi) is 5.20. The lowest BCUT2D eigenvalue weighted by Gasteiger charge is -2.09. The Morgan fingerprint density at radius 1 is 0.931 bits per heavy atom. The van der Waals surface area contributed by atoms with Gasteiger partial charge in [-0.25, -0.2) is 0 Å². The Morgan fingerprint density at radius 2 is 1.69 bits per heavy atom. The van der Waals surface area contributed by atoms with E-state index in [-0.39, 0.29) is 35.1 Å². The Balaban J connectivity index is 1.75. The van der Waals surface area contributed by atoms with E-state index in [1.807, 2.05) is 12.1 Å². The number of thioether (sulfide) groups is 1. The van der Waals surface area contributed by atoms with Crippen LogP contribution in [0.5, 0.6) is 11.5 Å². The molecule has 146 valence electrons. The van der Waals surface area contributed by atoms with Crippen molar-refractivity contribution in [3.05, 3.63) is 71.8 Å². The van der Waals surface area contributed by atoms with Gasteiger partial charge in [-0.15, -0.1) is 26.8 Å². The van der Waals surface area contributed by atoms with Crippen molar-refractivity contribution in [3.63, 3.8) is 0 Å². The van der Waals surface area contributed by atoms with Crippen LogP contribution in [0.25, 0.3) is 16.7 Å². The van der Waals surface area contributed by atoms with Crippen molar-refractivity contribution in [2.45, 2.75) is 4.90 Å². The number of hydrogen-bond acceptors (Lipinski definition) is 7. The van der Waals surface area contributed by atoms with Crippen LogP contribution in [-0.4, -0.2) is 48.5 Å². The number of phenolic OH excluding ortho intramolecular Hbond substituents is 2. The third-order valence-corrected chi connectivity index (χ3v) is 5.27. The summed E-state index contributed by atoms with van der Waals surface area (Å²) in [5.41, 5.74) is 1.87. The van der Waals surface area contributed by atoms with Crippen LogP contribution < -0.4 is 0 Å². The largest absolute Gasteiger partial charge is 0.507 e. The molecule has 3 N–H and O–H groups in total. The predicted octanol–water partition coefficient (Wildman–Crippen LogP) is 3.15. The van der Waals surface area contributed by atoms with E-state index in [0.29, 0.717) is 22.3 Å². The molecule has 0 unspecified atom stereocenters. The zero-order valence-electron chi connectivity index (χ0n) is 15.2. The number of carbonyl (C=O) groups is 1. The molecule has 8 heteroatoms. The summed E-state index contributed by atoms with van der Waals surface area (Å²) >= 11 is 1.50. The molecule has 7 nitrogen and oxygen atoms in total. The summed E-state index contributed by atoms with van der Waals surface area (Å²) in [6.07, 6.45) is 0. The molecule has 0 aliphatic rings. The Morgan fingerprint density at radius 3 is 2.45 bits per heavy atom. The lowest BCUT2D eigenvalue weighted by Crippen LogP contribution is -2.05. The Hall–Kier alpha value is -3.36. The highest BCUT2D eigenvalue weighted by atomic mass is 32.2. The number of ketones is 1. The van der Waals surface area contributed by atoms with Gasteiger partial charge in [0.05, 0.1) is 12.2 Å². The molecule has 4 rings (SSSR count). The maximum atomic E-state index is 12.8. The van der Waals surface area contributed by atoms with Crippen molar-refractivity contribution in [2.75, 3.05) is 12.4 Å². The summed E-state index contributed by atoms with van der Waals surface area (Å²) in [7, 11) is 0. The van der Waals surface area contributed by atoms with E-state index in [9.17, 15) is 15.0 Å². The summed E-state index contributed by atoms with van der Waals surface area (Å²) in [5.74, 6) is -0.367. The van der Waals surface area contributed by atoms with E-state index >= 15 is 0 Å². The topological polar surface area (TPSA) is 108 Å². The number of aliphatic hydroxyl groups is 1. The van der Waals surface area contributed by atoms with Crippen molar-refractivity contribution in [2.24, 2.45) is 0 Å². The second-order valence-electron chi connectivity index (χ2n) is 6.27. The fraction of sp³-hybridized carbons (Fsp3) is 0.0952. The fourth-order valence-electron chi connectivity index (χ4n) is 2.91. The smallest absolute Gasteiger partial charge is 0.196 e. The number of carbonyl (C=O) groups excluding carboxylic acids is 1. The molecule has 1 heterocycles. The second-order valence-corrected chi connectivity index (χ2v) is 7.43. The van der Waals surface area contributed by atoms with Crippen LogP contribution in [0.2, 0.25) is 0 Å². The highest BCUT2D eigenvalue weighted by Gasteiger charge is 2.19. The number of fused-ring (bicyclic) bond motifs is 1. The summed E-state index contributed by atoms with van der Waals surface area (Å²) in [5, 5.41) is 38.2. The molecular formula is C21H17N3O4S. The third kappa shape index (κ3) is 3.80. The molecule has 0 spiro atoms. The number of aliphatic hydroxyl groups excluding tert-OH is 1. The maximum absolute atomic E-state index is 12.8. The first-order valence-electron chi connectivity index (χ1n) is 8.83. The van der Waals surface area contributed by atoms with Crippen LogP contribution in [0.15, 0.2) is 65.6 Å². The zero-order chi connectivity index (χ0) is 20.4. The van der Waals surface area contributed by atoms with Crippen LogP contribution in [0, 0.1) is 0 Å². The molecule has 3 aromatic carbocycles. The number of hydrogen-bond donors (Lipinski definition) is 3. The average molecular weight is 407 g/mol. The highest BCUT2D eigenvalue weighted by Crippen LogP contribution is 2.32. The van der Waals surface area contributed by atoms with Gasteiger partial charge in [0.2, 0.25) is 0 Å². The molecular weight excluding hydrogens is 390 g/mol. The minimum atomic E-state index is -0.372. The highest BCUT2D eigenvalue weighted by molar-refractivity contribution is 7.99.